The van der Waals surface area contributed by atoms with Crippen LogP contribution in [0.5, 0.6) is 0 Å². The van der Waals surface area contributed by atoms with E-state index in [4.69, 9.17) is 15.6 Å². The maximum Gasteiger partial charge on any atom is 0.490 e. The molecule has 0 unspecified atom stereocenters. The van der Waals surface area contributed by atoms with E-state index in [0.717, 1.165) is 43.2 Å². The number of rotatable bonds is 8. The van der Waals surface area contributed by atoms with Gasteiger partial charge in [0.15, 0.2) is 0 Å². The number of piperidine rings is 1. The molecular weight excluding hydrogens is 533 g/mol. The molecule has 1 saturated carbocycles. The summed E-state index contributed by atoms with van der Waals surface area (Å²) in [6, 6.07) is 26.8. The van der Waals surface area contributed by atoms with E-state index in [1.807, 2.05) is 36.4 Å². The molecule has 0 radical (unpaired) electrons. The summed E-state index contributed by atoms with van der Waals surface area (Å²) in [6.07, 6.45) is -1.42. The van der Waals surface area contributed by atoms with Crippen LogP contribution in [0, 0.1) is 5.92 Å². The van der Waals surface area contributed by atoms with E-state index in [0.29, 0.717) is 23.3 Å². The summed E-state index contributed by atoms with van der Waals surface area (Å²) in [5.74, 6) is -1.44. The third kappa shape index (κ3) is 8.80. The Morgan fingerprint density at radius 1 is 0.927 bits per heavy atom. The summed E-state index contributed by atoms with van der Waals surface area (Å²) in [6.45, 7) is 4.05. The van der Waals surface area contributed by atoms with E-state index < -0.39 is 12.1 Å². The number of aliphatic carboxylic acids is 1. The molecule has 1 aliphatic heterocycles. The van der Waals surface area contributed by atoms with Gasteiger partial charge < -0.3 is 21.5 Å². The monoisotopic (exact) mass is 568 g/mol. The Morgan fingerprint density at radius 3 is 2.20 bits per heavy atom. The smallest absolute Gasteiger partial charge is 0.475 e. The Morgan fingerprint density at radius 2 is 1.54 bits per heavy atom. The zero-order valence-electron chi connectivity index (χ0n) is 22.6. The number of benzene rings is 3. The summed E-state index contributed by atoms with van der Waals surface area (Å²) < 4.78 is 31.7. The van der Waals surface area contributed by atoms with E-state index in [1.165, 1.54) is 24.8 Å². The quantitative estimate of drug-likeness (QED) is 0.267. The van der Waals surface area contributed by atoms with Crippen LogP contribution in [-0.4, -0.2) is 53.7 Å². The Bertz CT molecular complexity index is 1310. The third-order valence-corrected chi connectivity index (χ3v) is 7.50. The largest absolute Gasteiger partial charge is 0.490 e. The van der Waals surface area contributed by atoms with E-state index >= 15 is 0 Å². The molecule has 1 amide bonds. The number of carbonyl (C=O) groups excluding carboxylic acids is 1. The van der Waals surface area contributed by atoms with Crippen molar-refractivity contribution in [2.24, 2.45) is 5.92 Å². The van der Waals surface area contributed by atoms with Crippen LogP contribution in [0.2, 0.25) is 0 Å². The standard InChI is InChI=1S/C29H34N4O.C2HF3O2/c30-26-12-6-7-13-27(26)32-29(34)24-11-5-4-10-23(24)20-33-16-14-21(15-17-33)19-31-28-18-25(28)22-8-2-1-3-9-22;3-2(4,5)1(6)7/h1-13,21,25,28,31H,14-20,30H2,(H,32,34);(H,6,7)/t25-,28+;/m0./s1. The van der Waals surface area contributed by atoms with Gasteiger partial charge in [-0.2, -0.15) is 13.2 Å². The first-order valence-electron chi connectivity index (χ1n) is 13.7. The number of carboxylic acid groups (broad SMARTS) is 1. The Kier molecular flexibility index (Phi) is 10.0. The van der Waals surface area contributed by atoms with Gasteiger partial charge in [-0.25, -0.2) is 4.79 Å². The highest BCUT2D eigenvalue weighted by Gasteiger charge is 2.39. The lowest BCUT2D eigenvalue weighted by atomic mass is 9.95. The lowest BCUT2D eigenvalue weighted by molar-refractivity contribution is -0.192. The number of hydrogen-bond acceptors (Lipinski definition) is 5. The van der Waals surface area contributed by atoms with Crippen molar-refractivity contribution in [1.82, 2.24) is 10.2 Å². The van der Waals surface area contributed by atoms with Crippen molar-refractivity contribution in [1.29, 1.82) is 0 Å². The number of anilines is 2. The molecule has 2 fully saturated rings. The molecule has 3 aromatic rings. The minimum Gasteiger partial charge on any atom is -0.475 e. The van der Waals surface area contributed by atoms with Crippen LogP contribution in [0.4, 0.5) is 24.5 Å². The van der Waals surface area contributed by atoms with Crippen molar-refractivity contribution >= 4 is 23.3 Å². The van der Waals surface area contributed by atoms with Gasteiger partial charge in [-0.1, -0.05) is 60.7 Å². The molecular formula is C31H35F3N4O3. The van der Waals surface area contributed by atoms with Gasteiger partial charge in [0.2, 0.25) is 0 Å². The molecule has 41 heavy (non-hydrogen) atoms. The number of carboxylic acids is 1. The second-order valence-electron chi connectivity index (χ2n) is 10.5. The first kappa shape index (κ1) is 30.1. The summed E-state index contributed by atoms with van der Waals surface area (Å²) in [7, 11) is 0. The van der Waals surface area contributed by atoms with Crippen LogP contribution in [0.3, 0.4) is 0 Å². The Balaban J connectivity index is 0.000000493. The maximum atomic E-state index is 13.0. The first-order chi connectivity index (χ1) is 19.6. The molecule has 1 saturated heterocycles. The summed E-state index contributed by atoms with van der Waals surface area (Å²) in [5, 5.41) is 13.9. The number of para-hydroxylation sites is 2. The highest BCUT2D eigenvalue weighted by Crippen LogP contribution is 2.40. The SMILES string of the molecule is Nc1ccccc1NC(=O)c1ccccc1CN1CCC(CN[C@@H]2C[C@H]2c2ccccc2)CC1.O=C(O)C(F)(F)F. The van der Waals surface area contributed by atoms with Crippen molar-refractivity contribution in [2.45, 2.75) is 43.9 Å². The van der Waals surface area contributed by atoms with Gasteiger partial charge in [0, 0.05) is 24.1 Å². The first-order valence-corrected chi connectivity index (χ1v) is 13.7. The number of halogens is 3. The van der Waals surface area contributed by atoms with Crippen LogP contribution in [0.1, 0.15) is 46.7 Å². The summed E-state index contributed by atoms with van der Waals surface area (Å²) >= 11 is 0. The predicted molar refractivity (Wildman–Crippen MR) is 153 cm³/mol. The van der Waals surface area contributed by atoms with Crippen molar-refractivity contribution < 1.29 is 27.9 Å². The van der Waals surface area contributed by atoms with Gasteiger partial charge in [-0.15, -0.1) is 0 Å². The van der Waals surface area contributed by atoms with E-state index in [9.17, 15) is 18.0 Å². The molecule has 218 valence electrons. The van der Waals surface area contributed by atoms with Crippen LogP contribution >= 0.6 is 0 Å². The van der Waals surface area contributed by atoms with E-state index in [2.05, 4.69) is 51.9 Å². The molecule has 5 N–H and O–H groups in total. The van der Waals surface area contributed by atoms with Crippen molar-refractivity contribution in [3.8, 4) is 0 Å². The normalized spacial score (nSPS) is 19.1. The molecule has 1 aliphatic carbocycles. The number of carbonyl (C=O) groups is 2. The van der Waals surface area contributed by atoms with Gasteiger partial charge >= 0.3 is 12.1 Å². The van der Waals surface area contributed by atoms with Crippen LogP contribution in [-0.2, 0) is 11.3 Å². The van der Waals surface area contributed by atoms with E-state index in [-0.39, 0.29) is 5.91 Å². The number of nitrogens with two attached hydrogens (primary N) is 1. The maximum absolute atomic E-state index is 13.0. The average molecular weight is 569 g/mol. The Hall–Kier alpha value is -3.89. The lowest BCUT2D eigenvalue weighted by Gasteiger charge is -2.32. The molecule has 2 aliphatic rings. The Labute approximate surface area is 237 Å². The zero-order valence-corrected chi connectivity index (χ0v) is 22.6. The molecule has 0 spiro atoms. The minimum absolute atomic E-state index is 0.106. The van der Waals surface area contributed by atoms with Crippen molar-refractivity contribution in [2.75, 3.05) is 30.7 Å². The highest BCUT2D eigenvalue weighted by atomic mass is 19.4. The minimum atomic E-state index is -5.08. The van der Waals surface area contributed by atoms with Gasteiger partial charge in [-0.05, 0) is 74.1 Å². The number of alkyl halides is 3. The van der Waals surface area contributed by atoms with Crippen LogP contribution in [0.15, 0.2) is 78.9 Å². The fraction of sp³-hybridized carbons (Fsp3) is 0.355. The fourth-order valence-corrected chi connectivity index (χ4v) is 5.08. The summed E-state index contributed by atoms with van der Waals surface area (Å²) in [5.41, 5.74) is 10.5. The molecule has 1 heterocycles. The van der Waals surface area contributed by atoms with Crippen LogP contribution < -0.4 is 16.4 Å². The second kappa shape index (κ2) is 13.6. The lowest BCUT2D eigenvalue weighted by Crippen LogP contribution is -2.37. The van der Waals surface area contributed by atoms with Gasteiger partial charge in [0.05, 0.1) is 11.4 Å². The van der Waals surface area contributed by atoms with Gasteiger partial charge in [-0.3, -0.25) is 9.69 Å². The molecule has 5 rings (SSSR count). The molecule has 7 nitrogen and oxygen atoms in total. The summed E-state index contributed by atoms with van der Waals surface area (Å²) in [4.78, 5) is 24.3. The zero-order chi connectivity index (χ0) is 29.4. The average Bonchev–Trinajstić information content (AvgIpc) is 3.74. The topological polar surface area (TPSA) is 108 Å². The van der Waals surface area contributed by atoms with Gasteiger partial charge in [0.25, 0.3) is 5.91 Å². The van der Waals surface area contributed by atoms with Gasteiger partial charge in [0.1, 0.15) is 0 Å². The number of hydrogen-bond donors (Lipinski definition) is 4. The third-order valence-electron chi connectivity index (χ3n) is 7.50. The number of nitrogens with zero attached hydrogens (tertiary/aromatic N) is 1. The molecule has 3 aromatic carbocycles. The van der Waals surface area contributed by atoms with E-state index in [1.54, 1.807) is 6.07 Å². The van der Waals surface area contributed by atoms with Crippen LogP contribution in [0.25, 0.3) is 0 Å². The molecule has 10 heteroatoms. The molecule has 0 bridgehead atoms. The number of nitrogens with one attached hydrogen (secondary N) is 2. The molecule has 0 aromatic heterocycles. The van der Waals surface area contributed by atoms with Crippen molar-refractivity contribution in [3.63, 3.8) is 0 Å². The van der Waals surface area contributed by atoms with Crippen molar-refractivity contribution in [3.05, 3.63) is 95.6 Å². The predicted octanol–water partition coefficient (Wildman–Crippen LogP) is 5.51. The molecule has 2 atom stereocenters. The second-order valence-corrected chi connectivity index (χ2v) is 10.5. The number of likely N-dealkylation sites (tertiary alicyclic amines) is 1. The fourth-order valence-electron chi connectivity index (χ4n) is 5.08. The highest BCUT2D eigenvalue weighted by molar-refractivity contribution is 6.06. The number of nitrogen functional groups attached to an aromatic ring is 1. The number of amides is 1.